The van der Waals surface area contributed by atoms with Crippen molar-refractivity contribution < 1.29 is 4.39 Å². The second-order valence-electron chi connectivity index (χ2n) is 5.41. The first-order valence-electron chi connectivity index (χ1n) is 8.00. The largest absolute Gasteiger partial charge is 0.316 e. The minimum atomic E-state index is -0.286. The molecule has 0 fully saturated rings. The van der Waals surface area contributed by atoms with Crippen LogP contribution < -0.4 is 10.0 Å². The van der Waals surface area contributed by atoms with Crippen molar-refractivity contribution in [3.63, 3.8) is 0 Å². The lowest BCUT2D eigenvalue weighted by atomic mass is 10.0. The van der Waals surface area contributed by atoms with E-state index in [1.165, 1.54) is 10.5 Å². The minimum Gasteiger partial charge on any atom is -0.316 e. The Labute approximate surface area is 149 Å². The Morgan fingerprint density at radius 1 is 1.08 bits per heavy atom. The maximum atomic E-state index is 12.3. The standard InChI is InChI=1S/C11H16FN.C9H11NS/c1-9(7-12)11-5-3-10(4-6-11)8-13-2;1-3-8-4-6-9(7-5-8)11-10-2/h3-6,9,13H,7-8H2,1-2H3;3-7,10H,1H2,2H3. The van der Waals surface area contributed by atoms with Crippen molar-refractivity contribution in [3.05, 3.63) is 71.8 Å². The van der Waals surface area contributed by atoms with Crippen LogP contribution >= 0.6 is 11.9 Å². The fraction of sp³-hybridized carbons (Fsp3) is 0.300. The average molecular weight is 347 g/mol. The summed E-state index contributed by atoms with van der Waals surface area (Å²) in [6, 6.07) is 16.3. The lowest BCUT2D eigenvalue weighted by molar-refractivity contribution is 0.447. The molecule has 0 amide bonds. The van der Waals surface area contributed by atoms with Gasteiger partial charge in [0.1, 0.15) is 0 Å². The Morgan fingerprint density at radius 3 is 2.17 bits per heavy atom. The van der Waals surface area contributed by atoms with Crippen LogP contribution in [0.5, 0.6) is 0 Å². The van der Waals surface area contributed by atoms with Crippen LogP contribution in [-0.2, 0) is 6.54 Å². The highest BCUT2D eigenvalue weighted by Crippen LogP contribution is 2.16. The van der Waals surface area contributed by atoms with Crippen molar-refractivity contribution in [3.8, 4) is 0 Å². The van der Waals surface area contributed by atoms with Crippen LogP contribution in [0.4, 0.5) is 4.39 Å². The molecule has 0 saturated carbocycles. The van der Waals surface area contributed by atoms with Gasteiger partial charge in [0.15, 0.2) is 0 Å². The molecule has 2 aromatic rings. The van der Waals surface area contributed by atoms with Gasteiger partial charge in [0, 0.05) is 17.4 Å². The number of hydrogen-bond acceptors (Lipinski definition) is 3. The zero-order valence-electron chi connectivity index (χ0n) is 14.7. The summed E-state index contributed by atoms with van der Waals surface area (Å²) in [6.45, 7) is 6.16. The summed E-state index contributed by atoms with van der Waals surface area (Å²) < 4.78 is 15.3. The third kappa shape index (κ3) is 7.30. The topological polar surface area (TPSA) is 24.1 Å². The third-order valence-corrected chi connectivity index (χ3v) is 4.21. The van der Waals surface area contributed by atoms with Crippen LogP contribution in [0.3, 0.4) is 0 Å². The molecule has 130 valence electrons. The molecule has 2 nitrogen and oxygen atoms in total. The molecular formula is C20H27FN2S. The lowest BCUT2D eigenvalue weighted by Gasteiger charge is -2.07. The van der Waals surface area contributed by atoms with Crippen molar-refractivity contribution in [2.75, 3.05) is 20.8 Å². The zero-order chi connectivity index (χ0) is 17.8. The molecule has 0 bridgehead atoms. The smallest absolute Gasteiger partial charge is 0.0960 e. The van der Waals surface area contributed by atoms with Gasteiger partial charge in [0.2, 0.25) is 0 Å². The number of benzene rings is 2. The predicted molar refractivity (Wildman–Crippen MR) is 105 cm³/mol. The molecule has 0 aliphatic heterocycles. The maximum absolute atomic E-state index is 12.3. The number of rotatable bonds is 7. The minimum absolute atomic E-state index is 0.0173. The summed E-state index contributed by atoms with van der Waals surface area (Å²) in [4.78, 5) is 1.22. The summed E-state index contributed by atoms with van der Waals surface area (Å²) in [5.74, 6) is 0.0173. The van der Waals surface area contributed by atoms with Gasteiger partial charge < -0.3 is 5.32 Å². The van der Waals surface area contributed by atoms with Gasteiger partial charge in [-0.3, -0.25) is 9.11 Å². The molecule has 1 atom stereocenters. The predicted octanol–water partition coefficient (Wildman–Crippen LogP) is 5.04. The van der Waals surface area contributed by atoms with E-state index in [9.17, 15) is 4.39 Å². The molecule has 4 heteroatoms. The molecule has 24 heavy (non-hydrogen) atoms. The highest BCUT2D eigenvalue weighted by atomic mass is 32.2. The normalized spacial score (nSPS) is 11.3. The fourth-order valence-corrected chi connectivity index (χ4v) is 2.55. The molecule has 2 aromatic carbocycles. The Bertz CT molecular complexity index is 582. The van der Waals surface area contributed by atoms with E-state index in [2.05, 4.69) is 28.8 Å². The second kappa shape index (κ2) is 11.8. The average Bonchev–Trinajstić information content (AvgIpc) is 2.63. The van der Waals surface area contributed by atoms with E-state index in [0.29, 0.717) is 0 Å². The molecule has 2 N–H and O–H groups in total. The second-order valence-corrected chi connectivity index (χ2v) is 6.49. The molecule has 1 unspecified atom stereocenters. The third-order valence-electron chi connectivity index (χ3n) is 3.50. The van der Waals surface area contributed by atoms with E-state index >= 15 is 0 Å². The number of alkyl halides is 1. The van der Waals surface area contributed by atoms with Crippen LogP contribution in [0.1, 0.15) is 29.5 Å². The van der Waals surface area contributed by atoms with Gasteiger partial charge >= 0.3 is 0 Å². The zero-order valence-corrected chi connectivity index (χ0v) is 15.5. The van der Waals surface area contributed by atoms with Crippen LogP contribution in [0.25, 0.3) is 6.08 Å². The first-order valence-corrected chi connectivity index (χ1v) is 8.81. The van der Waals surface area contributed by atoms with E-state index in [0.717, 1.165) is 17.7 Å². The molecule has 0 aliphatic carbocycles. The first-order chi connectivity index (χ1) is 11.6. The van der Waals surface area contributed by atoms with Gasteiger partial charge in [-0.2, -0.15) is 0 Å². The van der Waals surface area contributed by atoms with Gasteiger partial charge in [-0.05, 0) is 54.9 Å². The summed E-state index contributed by atoms with van der Waals surface area (Å²) >= 11 is 1.61. The van der Waals surface area contributed by atoms with Crippen molar-refractivity contribution in [2.24, 2.45) is 0 Å². The number of hydrogen-bond donors (Lipinski definition) is 2. The van der Waals surface area contributed by atoms with Crippen LogP contribution in [0.15, 0.2) is 60.0 Å². The van der Waals surface area contributed by atoms with Crippen molar-refractivity contribution in [1.29, 1.82) is 0 Å². The first kappa shape index (κ1) is 20.4. The molecular weight excluding hydrogens is 319 g/mol. The number of nitrogens with one attached hydrogen (secondary N) is 2. The van der Waals surface area contributed by atoms with E-state index in [4.69, 9.17) is 0 Å². The fourth-order valence-electron chi connectivity index (χ4n) is 2.05. The molecule has 0 heterocycles. The van der Waals surface area contributed by atoms with Crippen molar-refractivity contribution in [2.45, 2.75) is 24.3 Å². The quantitative estimate of drug-likeness (QED) is 0.687. The summed E-state index contributed by atoms with van der Waals surface area (Å²) in [6.07, 6.45) is 1.84. The summed E-state index contributed by atoms with van der Waals surface area (Å²) in [5.41, 5.74) is 3.46. The maximum Gasteiger partial charge on any atom is 0.0960 e. The summed E-state index contributed by atoms with van der Waals surface area (Å²) in [5, 5.41) is 3.07. The van der Waals surface area contributed by atoms with Gasteiger partial charge in [0.25, 0.3) is 0 Å². The van der Waals surface area contributed by atoms with Gasteiger partial charge in [-0.1, -0.05) is 56.0 Å². The Hall–Kier alpha value is -1.62. The molecule has 0 aromatic heterocycles. The van der Waals surface area contributed by atoms with Crippen LogP contribution in [0.2, 0.25) is 0 Å². The summed E-state index contributed by atoms with van der Waals surface area (Å²) in [7, 11) is 3.82. The number of halogens is 1. The molecule has 0 aliphatic rings. The molecule has 0 spiro atoms. The SMILES string of the molecule is C=Cc1ccc(SNC)cc1.CNCc1ccc(C(C)CF)cc1. The van der Waals surface area contributed by atoms with Gasteiger partial charge in [0.05, 0.1) is 6.67 Å². The van der Waals surface area contributed by atoms with E-state index in [-0.39, 0.29) is 12.6 Å². The van der Waals surface area contributed by atoms with E-state index in [1.807, 2.05) is 63.5 Å². The van der Waals surface area contributed by atoms with Crippen molar-refractivity contribution >= 4 is 18.0 Å². The molecule has 2 rings (SSSR count). The van der Waals surface area contributed by atoms with E-state index < -0.39 is 0 Å². The Morgan fingerprint density at radius 2 is 1.71 bits per heavy atom. The monoisotopic (exact) mass is 346 g/mol. The lowest BCUT2D eigenvalue weighted by Crippen LogP contribution is -2.05. The van der Waals surface area contributed by atoms with Gasteiger partial charge in [-0.15, -0.1) is 0 Å². The molecule has 0 saturated heterocycles. The Kier molecular flexibility index (Phi) is 10.1. The van der Waals surface area contributed by atoms with Crippen LogP contribution in [0, 0.1) is 0 Å². The van der Waals surface area contributed by atoms with Crippen LogP contribution in [-0.4, -0.2) is 20.8 Å². The molecule has 0 radical (unpaired) electrons. The van der Waals surface area contributed by atoms with Crippen molar-refractivity contribution in [1.82, 2.24) is 10.0 Å². The Balaban J connectivity index is 0.000000243. The van der Waals surface area contributed by atoms with E-state index in [1.54, 1.807) is 11.9 Å². The van der Waals surface area contributed by atoms with Gasteiger partial charge in [-0.25, -0.2) is 0 Å². The highest BCUT2D eigenvalue weighted by Gasteiger charge is 2.03. The highest BCUT2D eigenvalue weighted by molar-refractivity contribution is 7.97.